The number of hydrogen-bond donors (Lipinski definition) is 1. The van der Waals surface area contributed by atoms with Crippen LogP contribution in [0.3, 0.4) is 0 Å². The van der Waals surface area contributed by atoms with Crippen molar-refractivity contribution in [3.63, 3.8) is 0 Å². The van der Waals surface area contributed by atoms with E-state index >= 15 is 0 Å². The molecular weight excluding hydrogens is 264 g/mol. The molecule has 1 heterocycles. The first-order chi connectivity index (χ1) is 10.3. The summed E-state index contributed by atoms with van der Waals surface area (Å²) in [5.74, 6) is -0.168. The molecule has 0 atom stereocenters. The molecule has 0 fully saturated rings. The van der Waals surface area contributed by atoms with Gasteiger partial charge < -0.3 is 14.6 Å². The standard InChI is InChI=1S/C17H24N2O2/c1-3-5-11-21-17(20)13-19-10-9-15-14(12-18-4-2)7-6-8-16(15)19/h6-10,18H,3-5,11-13H2,1-2H3. The van der Waals surface area contributed by atoms with Crippen molar-refractivity contribution < 1.29 is 9.53 Å². The van der Waals surface area contributed by atoms with Gasteiger partial charge >= 0.3 is 5.97 Å². The van der Waals surface area contributed by atoms with Crippen molar-refractivity contribution in [2.75, 3.05) is 13.2 Å². The first kappa shape index (κ1) is 15.6. The number of rotatable bonds is 8. The van der Waals surface area contributed by atoms with Crippen LogP contribution in [0.25, 0.3) is 10.9 Å². The van der Waals surface area contributed by atoms with Gasteiger partial charge in [0.25, 0.3) is 0 Å². The molecule has 0 bridgehead atoms. The highest BCUT2D eigenvalue weighted by molar-refractivity contribution is 5.85. The van der Waals surface area contributed by atoms with Gasteiger partial charge in [0.1, 0.15) is 6.54 Å². The SMILES string of the molecule is CCCCOC(=O)Cn1ccc2c(CNCC)cccc21. The lowest BCUT2D eigenvalue weighted by Gasteiger charge is -2.08. The fraction of sp³-hybridized carbons (Fsp3) is 0.471. The lowest BCUT2D eigenvalue weighted by molar-refractivity contribution is -0.144. The quantitative estimate of drug-likeness (QED) is 0.599. The number of ether oxygens (including phenoxy) is 1. The molecule has 114 valence electrons. The topological polar surface area (TPSA) is 43.3 Å². The predicted octanol–water partition coefficient (Wildman–Crippen LogP) is 3.09. The van der Waals surface area contributed by atoms with Gasteiger partial charge in [-0.3, -0.25) is 4.79 Å². The van der Waals surface area contributed by atoms with Gasteiger partial charge in [-0.15, -0.1) is 0 Å². The molecule has 0 radical (unpaired) electrons. The van der Waals surface area contributed by atoms with Crippen LogP contribution in [0.1, 0.15) is 32.3 Å². The molecule has 0 aliphatic heterocycles. The number of nitrogens with zero attached hydrogens (tertiary/aromatic N) is 1. The van der Waals surface area contributed by atoms with Crippen LogP contribution in [-0.2, 0) is 22.6 Å². The maximum atomic E-state index is 11.8. The number of nitrogens with one attached hydrogen (secondary N) is 1. The van der Waals surface area contributed by atoms with Crippen LogP contribution in [0.2, 0.25) is 0 Å². The highest BCUT2D eigenvalue weighted by Gasteiger charge is 2.09. The van der Waals surface area contributed by atoms with Crippen LogP contribution in [0.15, 0.2) is 30.5 Å². The van der Waals surface area contributed by atoms with E-state index in [1.165, 1.54) is 10.9 Å². The van der Waals surface area contributed by atoms with Crippen molar-refractivity contribution >= 4 is 16.9 Å². The Balaban J connectivity index is 2.09. The number of benzene rings is 1. The highest BCUT2D eigenvalue weighted by atomic mass is 16.5. The molecular formula is C17H24N2O2. The summed E-state index contributed by atoms with van der Waals surface area (Å²) in [7, 11) is 0. The summed E-state index contributed by atoms with van der Waals surface area (Å²) in [4.78, 5) is 11.8. The summed E-state index contributed by atoms with van der Waals surface area (Å²) in [5, 5.41) is 4.53. The van der Waals surface area contributed by atoms with Gasteiger partial charge in [-0.1, -0.05) is 32.4 Å². The Kier molecular flexibility index (Phi) is 5.81. The van der Waals surface area contributed by atoms with E-state index in [4.69, 9.17) is 4.74 Å². The zero-order valence-corrected chi connectivity index (χ0v) is 12.9. The van der Waals surface area contributed by atoms with E-state index in [1.807, 2.05) is 22.9 Å². The number of unbranched alkanes of at least 4 members (excludes halogenated alkanes) is 1. The first-order valence-electron chi connectivity index (χ1n) is 7.69. The van der Waals surface area contributed by atoms with E-state index in [0.29, 0.717) is 6.61 Å². The van der Waals surface area contributed by atoms with Crippen LogP contribution >= 0.6 is 0 Å². The molecule has 4 nitrogen and oxygen atoms in total. The fourth-order valence-electron chi connectivity index (χ4n) is 2.35. The van der Waals surface area contributed by atoms with Crippen LogP contribution < -0.4 is 5.32 Å². The van der Waals surface area contributed by atoms with Crippen LogP contribution in [-0.4, -0.2) is 23.7 Å². The Morgan fingerprint density at radius 1 is 1.29 bits per heavy atom. The fourth-order valence-corrected chi connectivity index (χ4v) is 2.35. The normalized spacial score (nSPS) is 11.0. The maximum Gasteiger partial charge on any atom is 0.325 e. The third-order valence-corrected chi connectivity index (χ3v) is 3.53. The number of hydrogen-bond acceptors (Lipinski definition) is 3. The number of esters is 1. The van der Waals surface area contributed by atoms with E-state index in [2.05, 4.69) is 31.3 Å². The second-order valence-electron chi connectivity index (χ2n) is 5.15. The van der Waals surface area contributed by atoms with Crippen LogP contribution in [0, 0.1) is 0 Å². The Morgan fingerprint density at radius 2 is 2.14 bits per heavy atom. The third kappa shape index (κ3) is 4.08. The average Bonchev–Trinajstić information content (AvgIpc) is 2.89. The Morgan fingerprint density at radius 3 is 2.90 bits per heavy atom. The monoisotopic (exact) mass is 288 g/mol. The summed E-state index contributed by atoms with van der Waals surface area (Å²) in [6.07, 6.45) is 3.92. The Bertz CT molecular complexity index is 589. The molecule has 1 aromatic carbocycles. The molecule has 1 aromatic heterocycles. The molecule has 21 heavy (non-hydrogen) atoms. The van der Waals surface area contributed by atoms with E-state index in [1.54, 1.807) is 0 Å². The maximum absolute atomic E-state index is 11.8. The number of carbonyl (C=O) groups excluding carboxylic acids is 1. The lowest BCUT2D eigenvalue weighted by Crippen LogP contribution is -2.14. The molecule has 2 aromatic rings. The number of carbonyl (C=O) groups is 1. The van der Waals surface area contributed by atoms with Gasteiger partial charge in [0.05, 0.1) is 6.61 Å². The smallest absolute Gasteiger partial charge is 0.325 e. The molecule has 0 aliphatic rings. The zero-order valence-electron chi connectivity index (χ0n) is 12.9. The van der Waals surface area contributed by atoms with Gasteiger partial charge in [0.2, 0.25) is 0 Å². The number of aromatic nitrogens is 1. The van der Waals surface area contributed by atoms with E-state index in [0.717, 1.165) is 31.4 Å². The van der Waals surface area contributed by atoms with Crippen molar-refractivity contribution in [1.29, 1.82) is 0 Å². The molecule has 0 saturated heterocycles. The summed E-state index contributed by atoms with van der Waals surface area (Å²) in [5.41, 5.74) is 2.34. The van der Waals surface area contributed by atoms with Crippen molar-refractivity contribution in [2.45, 2.75) is 39.8 Å². The summed E-state index contributed by atoms with van der Waals surface area (Å²) in [6, 6.07) is 8.27. The van der Waals surface area contributed by atoms with Gasteiger partial charge in [0.15, 0.2) is 0 Å². The minimum Gasteiger partial charge on any atom is -0.464 e. The summed E-state index contributed by atoms with van der Waals surface area (Å²) < 4.78 is 7.19. The molecule has 0 aliphatic carbocycles. The first-order valence-corrected chi connectivity index (χ1v) is 7.69. The molecule has 1 N–H and O–H groups in total. The van der Waals surface area contributed by atoms with Gasteiger partial charge in [-0.25, -0.2) is 0 Å². The lowest BCUT2D eigenvalue weighted by atomic mass is 10.1. The van der Waals surface area contributed by atoms with Crippen molar-refractivity contribution in [3.8, 4) is 0 Å². The van der Waals surface area contributed by atoms with Gasteiger partial charge in [-0.05, 0) is 30.7 Å². The second kappa shape index (κ2) is 7.84. The van der Waals surface area contributed by atoms with E-state index in [9.17, 15) is 4.79 Å². The molecule has 2 rings (SSSR count). The molecule has 0 amide bonds. The second-order valence-corrected chi connectivity index (χ2v) is 5.15. The van der Waals surface area contributed by atoms with E-state index < -0.39 is 0 Å². The summed E-state index contributed by atoms with van der Waals surface area (Å²) in [6.45, 7) is 6.76. The highest BCUT2D eigenvalue weighted by Crippen LogP contribution is 2.20. The largest absolute Gasteiger partial charge is 0.464 e. The Labute approximate surface area is 126 Å². The third-order valence-electron chi connectivity index (χ3n) is 3.53. The average molecular weight is 288 g/mol. The van der Waals surface area contributed by atoms with Crippen molar-refractivity contribution in [2.24, 2.45) is 0 Å². The van der Waals surface area contributed by atoms with Gasteiger partial charge in [-0.2, -0.15) is 0 Å². The van der Waals surface area contributed by atoms with Gasteiger partial charge in [0, 0.05) is 23.6 Å². The van der Waals surface area contributed by atoms with E-state index in [-0.39, 0.29) is 12.5 Å². The minimum atomic E-state index is -0.168. The predicted molar refractivity (Wildman–Crippen MR) is 85.2 cm³/mol. The van der Waals surface area contributed by atoms with Crippen molar-refractivity contribution in [1.82, 2.24) is 9.88 Å². The zero-order chi connectivity index (χ0) is 15.1. The molecule has 4 heteroatoms. The Hall–Kier alpha value is -1.81. The molecule has 0 spiro atoms. The minimum absolute atomic E-state index is 0.168. The number of fused-ring (bicyclic) bond motifs is 1. The molecule has 0 unspecified atom stereocenters. The van der Waals surface area contributed by atoms with Crippen LogP contribution in [0.4, 0.5) is 0 Å². The molecule has 0 saturated carbocycles. The van der Waals surface area contributed by atoms with Crippen LogP contribution in [0.5, 0.6) is 0 Å². The summed E-state index contributed by atoms with van der Waals surface area (Å²) >= 11 is 0. The van der Waals surface area contributed by atoms with Crippen molar-refractivity contribution in [3.05, 3.63) is 36.0 Å².